The minimum absolute atomic E-state index is 0.0244. The number of rotatable bonds is 5. The van der Waals surface area contributed by atoms with Gasteiger partial charge in [0.2, 0.25) is 5.91 Å². The third kappa shape index (κ3) is 3.89. The van der Waals surface area contributed by atoms with E-state index >= 15 is 0 Å². The van der Waals surface area contributed by atoms with Crippen LogP contribution in [0, 0.1) is 0 Å². The largest absolute Gasteiger partial charge is 0.367 e. The highest BCUT2D eigenvalue weighted by molar-refractivity contribution is 6.31. The molecule has 1 aromatic carbocycles. The first-order valence-electron chi connectivity index (χ1n) is 7.76. The number of nitrogens with zero attached hydrogens (tertiary/aromatic N) is 2. The summed E-state index contributed by atoms with van der Waals surface area (Å²) in [6.45, 7) is 1.20. The number of ether oxygens (including phenoxy) is 1. The molecule has 0 aliphatic carbocycles. The summed E-state index contributed by atoms with van der Waals surface area (Å²) in [5.41, 5.74) is 2.03. The Hall–Kier alpha value is -1.91. The van der Waals surface area contributed by atoms with Crippen molar-refractivity contribution in [2.75, 3.05) is 13.2 Å². The molecule has 4 nitrogen and oxygen atoms in total. The van der Waals surface area contributed by atoms with Crippen molar-refractivity contribution in [3.63, 3.8) is 0 Å². The first-order valence-corrected chi connectivity index (χ1v) is 8.14. The minimum atomic E-state index is 0.0244. The maximum atomic E-state index is 12.5. The molecule has 120 valence electrons. The molecule has 1 aliphatic heterocycles. The van der Waals surface area contributed by atoms with Gasteiger partial charge in [-0.2, -0.15) is 0 Å². The molecule has 1 aliphatic rings. The van der Waals surface area contributed by atoms with E-state index in [4.69, 9.17) is 16.3 Å². The molecule has 1 atom stereocenters. The van der Waals surface area contributed by atoms with Gasteiger partial charge in [-0.1, -0.05) is 29.8 Å². The van der Waals surface area contributed by atoms with Crippen LogP contribution in [0.25, 0.3) is 0 Å². The molecule has 0 radical (unpaired) electrons. The molecule has 0 N–H and O–H groups in total. The topological polar surface area (TPSA) is 42.4 Å². The van der Waals surface area contributed by atoms with Crippen LogP contribution in [0.2, 0.25) is 5.02 Å². The molecule has 1 aromatic heterocycles. The van der Waals surface area contributed by atoms with Crippen molar-refractivity contribution in [1.29, 1.82) is 0 Å². The summed E-state index contributed by atoms with van der Waals surface area (Å²) in [5, 5.41) is 0.663. The van der Waals surface area contributed by atoms with E-state index < -0.39 is 0 Å². The van der Waals surface area contributed by atoms with Crippen LogP contribution in [-0.2, 0) is 16.1 Å². The number of hydrogen-bond donors (Lipinski definition) is 0. The van der Waals surface area contributed by atoms with Crippen LogP contribution in [-0.4, -0.2) is 28.9 Å². The monoisotopic (exact) mass is 330 g/mol. The molecule has 23 heavy (non-hydrogen) atoms. The Balaban J connectivity index is 1.56. The summed E-state index contributed by atoms with van der Waals surface area (Å²) in [5.74, 6) is 0.0244. The van der Waals surface area contributed by atoms with E-state index in [0.717, 1.165) is 30.5 Å². The second kappa shape index (κ2) is 7.57. The van der Waals surface area contributed by atoms with Crippen molar-refractivity contribution in [3.05, 3.63) is 64.9 Å². The minimum Gasteiger partial charge on any atom is -0.367 e. The first-order chi connectivity index (χ1) is 11.3. The van der Waals surface area contributed by atoms with Gasteiger partial charge in [0.05, 0.1) is 12.6 Å². The fourth-order valence-electron chi connectivity index (χ4n) is 2.94. The summed E-state index contributed by atoms with van der Waals surface area (Å²) >= 11 is 6.09. The summed E-state index contributed by atoms with van der Waals surface area (Å²) < 4.78 is 5.57. The van der Waals surface area contributed by atoms with Crippen LogP contribution in [0.1, 0.15) is 30.0 Å². The van der Waals surface area contributed by atoms with E-state index in [1.807, 2.05) is 41.3 Å². The highest BCUT2D eigenvalue weighted by Gasteiger charge is 2.29. The normalized spacial score (nSPS) is 17.4. The number of carbonyl (C=O) groups excluding carboxylic acids is 1. The maximum absolute atomic E-state index is 12.5. The Labute approximate surface area is 141 Å². The predicted octanol–water partition coefficient (Wildman–Crippen LogP) is 3.62. The summed E-state index contributed by atoms with van der Waals surface area (Å²) in [7, 11) is 0. The second-order valence-corrected chi connectivity index (χ2v) is 6.02. The molecule has 1 saturated heterocycles. The molecule has 1 amide bonds. The zero-order chi connectivity index (χ0) is 16.1. The predicted molar refractivity (Wildman–Crippen MR) is 89.0 cm³/mol. The van der Waals surface area contributed by atoms with Crippen LogP contribution >= 0.6 is 11.6 Å². The Kier molecular flexibility index (Phi) is 5.26. The molecule has 2 aromatic rings. The van der Waals surface area contributed by atoms with Gasteiger partial charge in [0.15, 0.2) is 0 Å². The third-order valence-electron chi connectivity index (χ3n) is 4.10. The molecule has 5 heteroatoms. The van der Waals surface area contributed by atoms with Gasteiger partial charge < -0.3 is 9.64 Å². The second-order valence-electron chi connectivity index (χ2n) is 5.61. The van der Waals surface area contributed by atoms with Crippen molar-refractivity contribution in [3.8, 4) is 0 Å². The zero-order valence-corrected chi connectivity index (χ0v) is 13.6. The SMILES string of the molecule is O=C(COCc1ccccc1Cl)N1CCC[C@@H]1c1ccncc1. The number of hydrogen-bond acceptors (Lipinski definition) is 3. The van der Waals surface area contributed by atoms with Gasteiger partial charge in [-0.05, 0) is 42.2 Å². The van der Waals surface area contributed by atoms with Gasteiger partial charge in [-0.25, -0.2) is 0 Å². The van der Waals surface area contributed by atoms with Crippen LogP contribution in [0.15, 0.2) is 48.8 Å². The zero-order valence-electron chi connectivity index (χ0n) is 12.8. The lowest BCUT2D eigenvalue weighted by Gasteiger charge is -2.25. The van der Waals surface area contributed by atoms with Gasteiger partial charge in [0.1, 0.15) is 6.61 Å². The highest BCUT2D eigenvalue weighted by atomic mass is 35.5. The fraction of sp³-hybridized carbons (Fsp3) is 0.333. The standard InChI is InChI=1S/C18H19ClN2O2/c19-16-5-2-1-4-15(16)12-23-13-18(22)21-11-3-6-17(21)14-7-9-20-10-8-14/h1-2,4-5,7-10,17H,3,6,11-13H2/t17-/m1/s1. The van der Waals surface area contributed by atoms with E-state index in [2.05, 4.69) is 4.98 Å². The molecule has 0 saturated carbocycles. The molecular weight excluding hydrogens is 312 g/mol. The molecule has 0 bridgehead atoms. The van der Waals surface area contributed by atoms with E-state index in [1.165, 1.54) is 0 Å². The van der Waals surface area contributed by atoms with E-state index in [0.29, 0.717) is 11.6 Å². The molecule has 0 spiro atoms. The van der Waals surface area contributed by atoms with E-state index in [9.17, 15) is 4.79 Å². The van der Waals surface area contributed by atoms with Crippen LogP contribution in [0.5, 0.6) is 0 Å². The number of likely N-dealkylation sites (tertiary alicyclic amines) is 1. The van der Waals surface area contributed by atoms with Crippen LogP contribution in [0.4, 0.5) is 0 Å². The highest BCUT2D eigenvalue weighted by Crippen LogP contribution is 2.31. The van der Waals surface area contributed by atoms with Gasteiger partial charge in [-0.15, -0.1) is 0 Å². The van der Waals surface area contributed by atoms with Crippen molar-refractivity contribution in [2.24, 2.45) is 0 Å². The summed E-state index contributed by atoms with van der Waals surface area (Å²) in [6, 6.07) is 11.6. The first kappa shape index (κ1) is 16.0. The molecule has 3 rings (SSSR count). The van der Waals surface area contributed by atoms with E-state index in [1.54, 1.807) is 12.4 Å². The van der Waals surface area contributed by atoms with Crippen molar-refractivity contribution in [1.82, 2.24) is 9.88 Å². The van der Waals surface area contributed by atoms with Gasteiger partial charge >= 0.3 is 0 Å². The van der Waals surface area contributed by atoms with Crippen LogP contribution < -0.4 is 0 Å². The van der Waals surface area contributed by atoms with Crippen molar-refractivity contribution < 1.29 is 9.53 Å². The van der Waals surface area contributed by atoms with Gasteiger partial charge in [0.25, 0.3) is 0 Å². The summed E-state index contributed by atoms with van der Waals surface area (Å²) in [4.78, 5) is 18.4. The molecular formula is C18H19ClN2O2. The Morgan fingerprint density at radius 2 is 2.04 bits per heavy atom. The number of pyridine rings is 1. The Morgan fingerprint density at radius 3 is 2.83 bits per heavy atom. The number of halogens is 1. The number of benzene rings is 1. The average Bonchev–Trinajstić information content (AvgIpc) is 3.07. The third-order valence-corrected chi connectivity index (χ3v) is 4.47. The lowest BCUT2D eigenvalue weighted by atomic mass is 10.1. The lowest BCUT2D eigenvalue weighted by molar-refractivity contribution is -0.137. The fourth-order valence-corrected chi connectivity index (χ4v) is 3.13. The van der Waals surface area contributed by atoms with Crippen molar-refractivity contribution in [2.45, 2.75) is 25.5 Å². The average molecular weight is 331 g/mol. The van der Waals surface area contributed by atoms with Gasteiger partial charge in [0, 0.05) is 24.0 Å². The lowest BCUT2D eigenvalue weighted by Crippen LogP contribution is -2.33. The molecule has 1 fully saturated rings. The number of carbonyl (C=O) groups is 1. The van der Waals surface area contributed by atoms with Crippen molar-refractivity contribution >= 4 is 17.5 Å². The van der Waals surface area contributed by atoms with Gasteiger partial charge in [-0.3, -0.25) is 9.78 Å². The molecule has 0 unspecified atom stereocenters. The quantitative estimate of drug-likeness (QED) is 0.841. The van der Waals surface area contributed by atoms with E-state index in [-0.39, 0.29) is 18.6 Å². The Bertz CT molecular complexity index is 663. The number of amides is 1. The van der Waals surface area contributed by atoms with Crippen LogP contribution in [0.3, 0.4) is 0 Å². The maximum Gasteiger partial charge on any atom is 0.249 e. The Morgan fingerprint density at radius 1 is 1.26 bits per heavy atom. The molecule has 2 heterocycles. The summed E-state index contributed by atoms with van der Waals surface area (Å²) in [6.07, 6.45) is 5.54. The smallest absolute Gasteiger partial charge is 0.249 e. The number of aromatic nitrogens is 1.